The van der Waals surface area contributed by atoms with Crippen LogP contribution in [0.5, 0.6) is 0 Å². The van der Waals surface area contributed by atoms with Crippen LogP contribution in [0, 0.1) is 0 Å². The molecule has 5 nitrogen and oxygen atoms in total. The number of amidine groups is 1. The van der Waals surface area contributed by atoms with Crippen molar-refractivity contribution in [3.8, 4) is 0 Å². The molecule has 1 aliphatic heterocycles. The Morgan fingerprint density at radius 2 is 2.05 bits per heavy atom. The molecule has 1 saturated heterocycles. The van der Waals surface area contributed by atoms with Gasteiger partial charge in [-0.15, -0.1) is 0 Å². The van der Waals surface area contributed by atoms with E-state index in [1.54, 1.807) is 0 Å². The molecule has 1 heterocycles. The van der Waals surface area contributed by atoms with E-state index in [1.165, 1.54) is 0 Å². The van der Waals surface area contributed by atoms with E-state index in [4.69, 9.17) is 15.7 Å². The Bertz CT molecular complexity index is 684. The van der Waals surface area contributed by atoms with Crippen molar-refractivity contribution in [1.29, 1.82) is 0 Å². The summed E-state index contributed by atoms with van der Waals surface area (Å²) >= 11 is 0. The van der Waals surface area contributed by atoms with Gasteiger partial charge < -0.3 is 20.6 Å². The van der Waals surface area contributed by atoms with Crippen LogP contribution in [0.4, 0.5) is 5.69 Å². The van der Waals surface area contributed by atoms with Gasteiger partial charge in [-0.05, 0) is 24.4 Å². The minimum atomic E-state index is 0.132. The summed E-state index contributed by atoms with van der Waals surface area (Å²) in [5.74, 6) is 0.132. The number of hydrogen-bond acceptors (Lipinski definition) is 4. The van der Waals surface area contributed by atoms with Crippen molar-refractivity contribution < 1.29 is 9.94 Å². The maximum Gasteiger partial charge on any atom is 0.170 e. The number of fused-ring (bicyclic) bond motifs is 1. The highest BCUT2D eigenvalue weighted by molar-refractivity contribution is 6.11. The molecule has 0 bridgehead atoms. The van der Waals surface area contributed by atoms with Gasteiger partial charge in [-0.25, -0.2) is 0 Å². The van der Waals surface area contributed by atoms with Crippen molar-refractivity contribution in [1.82, 2.24) is 0 Å². The van der Waals surface area contributed by atoms with E-state index in [0.29, 0.717) is 6.04 Å². The molecule has 2 aromatic rings. The Balaban J connectivity index is 2.17. The van der Waals surface area contributed by atoms with E-state index in [0.717, 1.165) is 41.8 Å². The number of oxime groups is 1. The molecular weight excluding hydrogens is 266 g/mol. The Hall–Kier alpha value is -2.27. The fourth-order valence-electron chi connectivity index (χ4n) is 2.90. The van der Waals surface area contributed by atoms with Gasteiger partial charge in [-0.2, -0.15) is 0 Å². The van der Waals surface area contributed by atoms with Crippen molar-refractivity contribution in [3.63, 3.8) is 0 Å². The van der Waals surface area contributed by atoms with Gasteiger partial charge in [-0.3, -0.25) is 0 Å². The van der Waals surface area contributed by atoms with Gasteiger partial charge in [-0.1, -0.05) is 29.4 Å². The third-order valence-electron chi connectivity index (χ3n) is 3.96. The monoisotopic (exact) mass is 285 g/mol. The molecule has 0 aliphatic carbocycles. The first-order valence-electron chi connectivity index (χ1n) is 7.06. The van der Waals surface area contributed by atoms with Gasteiger partial charge in [0.15, 0.2) is 5.84 Å². The van der Waals surface area contributed by atoms with Crippen molar-refractivity contribution in [2.75, 3.05) is 24.7 Å². The van der Waals surface area contributed by atoms with E-state index in [-0.39, 0.29) is 5.84 Å². The van der Waals surface area contributed by atoms with E-state index < -0.39 is 0 Å². The molecule has 1 fully saturated rings. The summed E-state index contributed by atoms with van der Waals surface area (Å²) in [6.07, 6.45) is 0. The second kappa shape index (κ2) is 5.61. The summed E-state index contributed by atoms with van der Waals surface area (Å²) in [7, 11) is 0. The van der Waals surface area contributed by atoms with Crippen LogP contribution in [-0.2, 0) is 4.74 Å². The summed E-state index contributed by atoms with van der Waals surface area (Å²) in [4.78, 5) is 2.35. The minimum absolute atomic E-state index is 0.132. The fourth-order valence-corrected chi connectivity index (χ4v) is 2.90. The molecule has 0 amide bonds. The Kier molecular flexibility index (Phi) is 3.66. The molecule has 21 heavy (non-hydrogen) atoms. The van der Waals surface area contributed by atoms with Gasteiger partial charge in [0.25, 0.3) is 0 Å². The molecule has 110 valence electrons. The van der Waals surface area contributed by atoms with E-state index in [1.807, 2.05) is 30.3 Å². The van der Waals surface area contributed by atoms with Gasteiger partial charge in [0.05, 0.1) is 13.2 Å². The molecule has 0 saturated carbocycles. The summed E-state index contributed by atoms with van der Waals surface area (Å²) in [5.41, 5.74) is 7.69. The Labute approximate surface area is 123 Å². The first-order chi connectivity index (χ1) is 10.2. The first-order valence-corrected chi connectivity index (χ1v) is 7.06. The lowest BCUT2D eigenvalue weighted by Crippen LogP contribution is -2.43. The number of rotatable bonds is 2. The average molecular weight is 285 g/mol. The lowest BCUT2D eigenvalue weighted by Gasteiger charge is -2.36. The van der Waals surface area contributed by atoms with E-state index in [9.17, 15) is 0 Å². The molecule has 2 aromatic carbocycles. The molecule has 5 heteroatoms. The predicted octanol–water partition coefficient (Wildman–Crippen LogP) is 2.16. The molecule has 1 atom stereocenters. The van der Waals surface area contributed by atoms with Crippen molar-refractivity contribution in [2.24, 2.45) is 10.9 Å². The third kappa shape index (κ3) is 2.40. The number of hydrogen-bond donors (Lipinski definition) is 2. The van der Waals surface area contributed by atoms with Crippen LogP contribution in [0.2, 0.25) is 0 Å². The normalized spacial score (nSPS) is 20.0. The summed E-state index contributed by atoms with van der Waals surface area (Å²) < 4.78 is 5.51. The number of nitrogens with zero attached hydrogens (tertiary/aromatic N) is 2. The highest BCUT2D eigenvalue weighted by atomic mass is 16.5. The number of anilines is 1. The van der Waals surface area contributed by atoms with Crippen LogP contribution in [0.3, 0.4) is 0 Å². The Morgan fingerprint density at radius 1 is 1.29 bits per heavy atom. The number of morpholine rings is 1. The topological polar surface area (TPSA) is 71.1 Å². The average Bonchev–Trinajstić information content (AvgIpc) is 2.54. The van der Waals surface area contributed by atoms with E-state index >= 15 is 0 Å². The SMILES string of the molecule is CC1COCCN1c1ccc(/C(N)=N/O)c2ccccc12. The van der Waals surface area contributed by atoms with Crippen molar-refractivity contribution in [2.45, 2.75) is 13.0 Å². The van der Waals surface area contributed by atoms with Crippen molar-refractivity contribution in [3.05, 3.63) is 42.0 Å². The number of ether oxygens (including phenoxy) is 1. The summed E-state index contributed by atoms with van der Waals surface area (Å²) in [6, 6.07) is 12.3. The van der Waals surface area contributed by atoms with Crippen LogP contribution in [-0.4, -0.2) is 36.8 Å². The molecule has 0 spiro atoms. The standard InChI is InChI=1S/C16H19N3O2/c1-11-10-21-9-8-19(11)15-7-6-14(16(17)18-20)12-4-2-3-5-13(12)15/h2-7,11,20H,8-10H2,1H3,(H2,17,18). The zero-order valence-electron chi connectivity index (χ0n) is 12.0. The quantitative estimate of drug-likeness (QED) is 0.384. The van der Waals surface area contributed by atoms with Crippen LogP contribution in [0.15, 0.2) is 41.6 Å². The van der Waals surface area contributed by atoms with Crippen LogP contribution >= 0.6 is 0 Å². The van der Waals surface area contributed by atoms with Gasteiger partial charge in [0, 0.05) is 29.2 Å². The van der Waals surface area contributed by atoms with Crippen molar-refractivity contribution >= 4 is 22.3 Å². The Morgan fingerprint density at radius 3 is 2.76 bits per heavy atom. The summed E-state index contributed by atoms with van der Waals surface area (Å²) in [6.45, 7) is 4.50. The molecule has 0 radical (unpaired) electrons. The smallest absolute Gasteiger partial charge is 0.170 e. The maximum absolute atomic E-state index is 8.94. The van der Waals surface area contributed by atoms with E-state index in [2.05, 4.69) is 23.0 Å². The molecule has 0 aromatic heterocycles. The third-order valence-corrected chi connectivity index (χ3v) is 3.96. The van der Waals surface area contributed by atoms with Gasteiger partial charge in [0.2, 0.25) is 0 Å². The number of benzene rings is 2. The second-order valence-electron chi connectivity index (χ2n) is 5.28. The predicted molar refractivity (Wildman–Crippen MR) is 84.1 cm³/mol. The zero-order valence-corrected chi connectivity index (χ0v) is 12.0. The molecular formula is C16H19N3O2. The van der Waals surface area contributed by atoms with Crippen LogP contribution in [0.1, 0.15) is 12.5 Å². The highest BCUT2D eigenvalue weighted by Gasteiger charge is 2.21. The first kappa shape index (κ1) is 13.7. The second-order valence-corrected chi connectivity index (χ2v) is 5.28. The lowest BCUT2D eigenvalue weighted by atomic mass is 10.0. The molecule has 1 aliphatic rings. The zero-order chi connectivity index (χ0) is 14.8. The highest BCUT2D eigenvalue weighted by Crippen LogP contribution is 2.31. The summed E-state index contributed by atoms with van der Waals surface area (Å²) in [5, 5.41) is 14.2. The fraction of sp³-hybridized carbons (Fsp3) is 0.312. The van der Waals surface area contributed by atoms with Gasteiger partial charge >= 0.3 is 0 Å². The molecule has 3 N–H and O–H groups in total. The van der Waals surface area contributed by atoms with Crippen LogP contribution in [0.25, 0.3) is 10.8 Å². The largest absolute Gasteiger partial charge is 0.409 e. The minimum Gasteiger partial charge on any atom is -0.409 e. The molecule has 3 rings (SSSR count). The lowest BCUT2D eigenvalue weighted by molar-refractivity contribution is 0.0991. The number of nitrogens with two attached hydrogens (primary N) is 1. The maximum atomic E-state index is 8.94. The van der Waals surface area contributed by atoms with Gasteiger partial charge in [0.1, 0.15) is 0 Å². The molecule has 1 unspecified atom stereocenters. The van der Waals surface area contributed by atoms with Crippen LogP contribution < -0.4 is 10.6 Å².